The molecule has 26 heteroatoms. The van der Waals surface area contributed by atoms with Gasteiger partial charge in [-0.2, -0.15) is 0 Å². The number of nitrogens with one attached hydrogen (secondary N) is 5. The summed E-state index contributed by atoms with van der Waals surface area (Å²) >= 11 is 0. The van der Waals surface area contributed by atoms with Gasteiger partial charge in [-0.3, -0.25) is 24.0 Å². The van der Waals surface area contributed by atoms with Crippen molar-refractivity contribution in [1.29, 1.82) is 0 Å². The van der Waals surface area contributed by atoms with E-state index in [4.69, 9.17) is 50.9 Å². The van der Waals surface area contributed by atoms with Crippen molar-refractivity contribution in [2.24, 2.45) is 93.6 Å². The maximum absolute atomic E-state index is 13.1. The lowest BCUT2D eigenvalue weighted by Gasteiger charge is -2.13. The summed E-state index contributed by atoms with van der Waals surface area (Å²) in [6.45, 7) is 17.0. The van der Waals surface area contributed by atoms with Crippen LogP contribution in [0.25, 0.3) is 88.7 Å². The average Bonchev–Trinajstić information content (AvgIpc) is 1.63. The number of aliphatic imine (C=N–C) groups is 2. The second-order valence-corrected chi connectivity index (χ2v) is 38.3. The Kier molecular flexibility index (Phi) is 36.4. The number of amides is 5. The first-order chi connectivity index (χ1) is 68.3. The van der Waals surface area contributed by atoms with E-state index in [1.807, 2.05) is 82.4 Å². The number of benzene rings is 11. The zero-order chi connectivity index (χ0) is 99.6. The molecule has 2 aliphatic carbocycles. The third kappa shape index (κ3) is 27.9. The standard InChI is InChI=1S/C27H31N5O.2C23H27N3O.2C21H27N5O/c1-19-9-11-21(12-10-19)22-13-14-25-24(16-22)31-26(27(33)30-17-23(29)8-5-15-28)32(25)18-20-6-3-2-4-7-20;2*1-15-2-6-18(7-3-15)19-8-9-20-12-22(26-21(20)11-19)23(27)25-14-17-5-4-16(10-17)13-24;1-14-5-7-15(8-6-14)16-9-10-19-18(12-16)25-20(26(19)2)21(27)24-13-17(23)4-3-11-22;1-14-5-7-15(8-6-14)16-9-10-18-19(12-16)26(2)20(25-18)21(27)24-13-17(23)4-3-11-22/h2-4,6-7,9-14,16,23H,5,8,15,17-18,28-29H2,1H3,(H,30,33);2*2-3,6-9,11,16-17H,4-5,10,12-14,24H2,1H3,(H,25,27);2*5-10,12,17H,3-4,11,13,22-23H2,1-2H3,(H,24,27)/t23-;16-,17+;16-,17-;2*17-/m01011/s1. The smallest absolute Gasteiger partial charge is 0.287 e. The zero-order valence-corrected chi connectivity index (χ0v) is 82.6. The molecule has 3 aromatic heterocycles. The number of hydrogen-bond acceptors (Lipinski definition) is 18. The molecule has 14 aromatic rings. The summed E-state index contributed by atoms with van der Waals surface area (Å²) in [6, 6.07) is 82.8. The van der Waals surface area contributed by atoms with Crippen LogP contribution >= 0.6 is 0 Å². The minimum absolute atomic E-state index is 0.0284. The number of imidazole rings is 3. The van der Waals surface area contributed by atoms with E-state index in [1.54, 1.807) is 0 Å². The molecule has 2 saturated carbocycles. The first kappa shape index (κ1) is 103. The van der Waals surface area contributed by atoms with Gasteiger partial charge in [0, 0.05) is 84.3 Å². The second kappa shape index (κ2) is 49.9. The highest BCUT2D eigenvalue weighted by molar-refractivity contribution is 6.41. The number of aromatic nitrogens is 6. The fourth-order valence-corrected chi connectivity index (χ4v) is 18.5. The SMILES string of the molecule is Cc1ccc(-c2ccc3c(c2)N=C(C(=O)NC[C@H]2CC[C@@H](CN)C2)C3)cc1.Cc1ccc(-c2ccc3c(c2)N=C(C(=O)NC[C@H]2CC[C@H](CN)C2)C3)cc1.Cc1ccc(-c2ccc3c(c2)nc(C(=O)NC[C@@H](N)CCCN)n3Cc2ccccc2)cc1.Cc1ccc(-c2ccc3c(c2)nc(C(=O)NC[C@H](N)CCCN)n3C)cc1.Cc1ccc(-c2ccc3nc(C(=O)NC[C@H](N)CCCN)n(C)c3c2)cc1. The number of nitrogens with zero attached hydrogens (tertiary/aromatic N) is 8. The summed E-state index contributed by atoms with van der Waals surface area (Å²) in [5.74, 6) is 2.82. The van der Waals surface area contributed by atoms with Crippen molar-refractivity contribution in [3.05, 3.63) is 305 Å². The molecule has 0 spiro atoms. The van der Waals surface area contributed by atoms with Crippen molar-refractivity contribution in [2.45, 2.75) is 149 Å². The van der Waals surface area contributed by atoms with Gasteiger partial charge in [-0.15, -0.1) is 0 Å². The normalized spacial score (nSPS) is 15.6. The summed E-state index contributed by atoms with van der Waals surface area (Å²) in [6.07, 6.45) is 13.1. The van der Waals surface area contributed by atoms with E-state index in [-0.39, 0.29) is 47.7 Å². The number of fused-ring (bicyclic) bond motifs is 5. The number of aryl methyl sites for hydroxylation is 7. The summed E-state index contributed by atoms with van der Waals surface area (Å²) in [4.78, 5) is 86.3. The van der Waals surface area contributed by atoms with Gasteiger partial charge < -0.3 is 86.2 Å². The van der Waals surface area contributed by atoms with Crippen LogP contribution in [0.1, 0.15) is 153 Å². The summed E-state index contributed by atoms with van der Waals surface area (Å²) in [5.41, 5.74) is 75.2. The van der Waals surface area contributed by atoms with Crippen molar-refractivity contribution in [3.8, 4) is 55.6 Å². The van der Waals surface area contributed by atoms with Crippen molar-refractivity contribution in [1.82, 2.24) is 55.2 Å². The fourth-order valence-electron chi connectivity index (χ4n) is 18.5. The van der Waals surface area contributed by atoms with Crippen molar-refractivity contribution < 1.29 is 24.0 Å². The maximum Gasteiger partial charge on any atom is 0.287 e. The molecule has 21 N–H and O–H groups in total. The Bertz CT molecular complexity index is 6490. The van der Waals surface area contributed by atoms with Crippen LogP contribution in [-0.2, 0) is 43.1 Å². The molecule has 5 amide bonds. The zero-order valence-electron chi connectivity index (χ0n) is 82.6. The van der Waals surface area contributed by atoms with E-state index < -0.39 is 0 Å². The van der Waals surface area contributed by atoms with E-state index in [0.29, 0.717) is 111 Å². The fraction of sp³-hybridized carbons (Fsp3) is 0.339. The van der Waals surface area contributed by atoms with E-state index >= 15 is 0 Å². The largest absolute Gasteiger partial charge is 0.351 e. The van der Waals surface area contributed by atoms with Crippen LogP contribution in [0.3, 0.4) is 0 Å². The molecule has 734 valence electrons. The van der Waals surface area contributed by atoms with E-state index in [0.717, 1.165) is 196 Å². The van der Waals surface area contributed by atoms with Gasteiger partial charge in [0.2, 0.25) is 0 Å². The Balaban J connectivity index is 0.000000140. The van der Waals surface area contributed by atoms with Crippen molar-refractivity contribution >= 4 is 85.4 Å². The molecule has 7 atom stereocenters. The van der Waals surface area contributed by atoms with Gasteiger partial charge in [-0.1, -0.05) is 222 Å². The molecule has 0 bridgehead atoms. The molecule has 0 unspecified atom stereocenters. The minimum atomic E-state index is -0.220. The van der Waals surface area contributed by atoms with E-state index in [9.17, 15) is 24.0 Å². The summed E-state index contributed by atoms with van der Waals surface area (Å²) < 4.78 is 5.62. The molecular weight excluding hydrogens is 1760 g/mol. The molecule has 26 nitrogen and oxygen atoms in total. The lowest BCUT2D eigenvalue weighted by atomic mass is 10.0. The van der Waals surface area contributed by atoms with Gasteiger partial charge in [-0.25, -0.2) is 24.9 Å². The van der Waals surface area contributed by atoms with Gasteiger partial charge >= 0.3 is 0 Å². The van der Waals surface area contributed by atoms with E-state index in [1.165, 1.54) is 51.8 Å². The Morgan fingerprint density at radius 2 is 0.667 bits per heavy atom. The molecule has 2 aliphatic heterocycles. The minimum Gasteiger partial charge on any atom is -0.351 e. The molecule has 0 saturated heterocycles. The maximum atomic E-state index is 13.1. The molecule has 0 radical (unpaired) electrons. The molecular formula is C115H139N21O5. The predicted molar refractivity (Wildman–Crippen MR) is 574 cm³/mol. The molecule has 4 aliphatic rings. The Morgan fingerprint density at radius 3 is 1.06 bits per heavy atom. The van der Waals surface area contributed by atoms with Crippen LogP contribution in [0.4, 0.5) is 11.4 Å². The number of rotatable bonds is 33. The van der Waals surface area contributed by atoms with Crippen molar-refractivity contribution in [2.75, 3.05) is 65.4 Å². The Morgan fingerprint density at radius 1 is 0.340 bits per heavy atom. The number of hydrogen-bond donors (Lipinski definition) is 13. The van der Waals surface area contributed by atoms with Crippen LogP contribution in [0.15, 0.2) is 253 Å². The lowest BCUT2D eigenvalue weighted by molar-refractivity contribution is -0.115. The van der Waals surface area contributed by atoms with Crippen molar-refractivity contribution in [3.63, 3.8) is 0 Å². The Labute approximate surface area is 828 Å². The number of nitrogens with two attached hydrogens (primary N) is 8. The van der Waals surface area contributed by atoms with Crippen LogP contribution in [0.5, 0.6) is 0 Å². The highest BCUT2D eigenvalue weighted by atomic mass is 16.2. The topological polar surface area (TPSA) is 432 Å². The number of carbonyl (C=O) groups is 5. The van der Waals surface area contributed by atoms with Crippen LogP contribution < -0.4 is 72.5 Å². The van der Waals surface area contributed by atoms with Gasteiger partial charge in [-0.05, 0) is 289 Å². The first-order valence-electron chi connectivity index (χ1n) is 49.7. The van der Waals surface area contributed by atoms with Gasteiger partial charge in [0.05, 0.1) is 44.5 Å². The monoisotopic (exact) mass is 1890 g/mol. The first-order valence-corrected chi connectivity index (χ1v) is 49.7. The lowest BCUT2D eigenvalue weighted by Crippen LogP contribution is -2.38. The summed E-state index contributed by atoms with van der Waals surface area (Å²) in [5, 5.41) is 14.9. The van der Waals surface area contributed by atoms with E-state index in [2.05, 4.69) is 269 Å². The third-order valence-corrected chi connectivity index (χ3v) is 27.1. The molecule has 18 rings (SSSR count). The molecule has 2 fully saturated rings. The highest BCUT2D eigenvalue weighted by Gasteiger charge is 2.30. The van der Waals surface area contributed by atoms with Crippen LogP contribution in [-0.4, -0.2) is 153 Å². The number of carbonyl (C=O) groups excluding carboxylic acids is 5. The molecule has 5 heterocycles. The van der Waals surface area contributed by atoms with Gasteiger partial charge in [0.1, 0.15) is 11.4 Å². The highest BCUT2D eigenvalue weighted by Crippen LogP contribution is 2.38. The Hall–Kier alpha value is -13.8. The van der Waals surface area contributed by atoms with Crippen LogP contribution in [0, 0.1) is 58.3 Å². The predicted octanol–water partition coefficient (Wildman–Crippen LogP) is 16.1. The van der Waals surface area contributed by atoms with Gasteiger partial charge in [0.25, 0.3) is 29.5 Å². The van der Waals surface area contributed by atoms with Gasteiger partial charge in [0.15, 0.2) is 17.5 Å². The third-order valence-electron chi connectivity index (χ3n) is 27.1. The average molecular weight is 1900 g/mol. The molecule has 141 heavy (non-hydrogen) atoms. The second-order valence-electron chi connectivity index (χ2n) is 38.3. The summed E-state index contributed by atoms with van der Waals surface area (Å²) in [7, 11) is 3.71. The molecule has 11 aromatic carbocycles. The van der Waals surface area contributed by atoms with Crippen LogP contribution in [0.2, 0.25) is 0 Å². The quantitative estimate of drug-likeness (QED) is 0.0182.